The van der Waals surface area contributed by atoms with Crippen LogP contribution < -0.4 is 0 Å². The lowest BCUT2D eigenvalue weighted by molar-refractivity contribution is -0.240. The Labute approximate surface area is 203 Å². The van der Waals surface area contributed by atoms with Gasteiger partial charge in [-0.3, -0.25) is 28.0 Å². The van der Waals surface area contributed by atoms with Crippen LogP contribution in [-0.4, -0.2) is 83.9 Å². The predicted molar refractivity (Wildman–Crippen MR) is 111 cm³/mol. The number of rotatable bonds is 12. The van der Waals surface area contributed by atoms with Gasteiger partial charge in [0, 0.05) is 19.3 Å². The molecular formula is C15H27O18P3. The maximum atomic E-state index is 12.1. The second kappa shape index (κ2) is 13.0. The lowest BCUT2D eigenvalue weighted by Crippen LogP contribution is -2.67. The Kier molecular flexibility index (Phi) is 11.8. The van der Waals surface area contributed by atoms with E-state index in [1.165, 1.54) is 20.8 Å². The number of hydrogen-bond donors (Lipinski definition) is 6. The third-order valence-electron chi connectivity index (χ3n) is 4.39. The minimum atomic E-state index is -5.68. The second-order valence-corrected chi connectivity index (χ2v) is 10.7. The molecule has 0 saturated heterocycles. The smallest absolute Gasteiger partial charge is 0.455 e. The van der Waals surface area contributed by atoms with Crippen molar-refractivity contribution < 1.29 is 85.2 Å². The summed E-state index contributed by atoms with van der Waals surface area (Å²) in [6.45, 7) is 3.88. The van der Waals surface area contributed by atoms with Gasteiger partial charge in [-0.1, -0.05) is 20.8 Å². The molecule has 210 valence electrons. The Balaban J connectivity index is 3.93. The van der Waals surface area contributed by atoms with Gasteiger partial charge in [-0.15, -0.1) is 0 Å². The van der Waals surface area contributed by atoms with Crippen LogP contribution in [0.2, 0.25) is 0 Å². The van der Waals surface area contributed by atoms with Crippen molar-refractivity contribution in [2.24, 2.45) is 0 Å². The molecule has 0 unspecified atom stereocenters. The van der Waals surface area contributed by atoms with Gasteiger partial charge in [-0.2, -0.15) is 0 Å². The van der Waals surface area contributed by atoms with Gasteiger partial charge in [0.05, 0.1) is 0 Å². The van der Waals surface area contributed by atoms with E-state index in [2.05, 4.69) is 13.6 Å². The zero-order valence-electron chi connectivity index (χ0n) is 19.0. The highest BCUT2D eigenvalue weighted by Gasteiger charge is 2.62. The van der Waals surface area contributed by atoms with E-state index in [9.17, 15) is 57.4 Å². The normalized spacial score (nSPS) is 27.2. The molecule has 36 heavy (non-hydrogen) atoms. The first-order valence-electron chi connectivity index (χ1n) is 10.1. The molecule has 1 rings (SSSR count). The molecule has 1 fully saturated rings. The van der Waals surface area contributed by atoms with Gasteiger partial charge < -0.3 is 43.6 Å². The minimum absolute atomic E-state index is 0.351. The highest BCUT2D eigenvalue weighted by Crippen LogP contribution is 2.51. The molecule has 1 aliphatic rings. The number of ether oxygens (including phenoxy) is 3. The summed E-state index contributed by atoms with van der Waals surface area (Å²) in [5.41, 5.74) is 0. The SMILES string of the molecule is CCC(=O)O[C@@H]1[C@@H](OC(=O)CC)[C@H](OP(=O)(O)O)[C@@H](OP(=O)(O)O)[C@@H](OP(=O)(O)O)[C@H]1OC(=O)CC. The molecule has 0 aromatic rings. The molecule has 0 aromatic heterocycles. The summed E-state index contributed by atoms with van der Waals surface area (Å²) in [6.07, 6.45) is -15.1. The van der Waals surface area contributed by atoms with Gasteiger partial charge >= 0.3 is 41.4 Å². The summed E-state index contributed by atoms with van der Waals surface area (Å²) in [6, 6.07) is 0. The van der Waals surface area contributed by atoms with E-state index < -0.39 is 78.0 Å². The lowest BCUT2D eigenvalue weighted by Gasteiger charge is -2.47. The molecule has 21 heteroatoms. The zero-order valence-corrected chi connectivity index (χ0v) is 21.7. The van der Waals surface area contributed by atoms with Crippen molar-refractivity contribution in [3.05, 3.63) is 0 Å². The van der Waals surface area contributed by atoms with Crippen LogP contribution in [0.5, 0.6) is 0 Å². The van der Waals surface area contributed by atoms with Crippen LogP contribution in [0.3, 0.4) is 0 Å². The number of carbonyl (C=O) groups is 3. The molecule has 18 nitrogen and oxygen atoms in total. The molecule has 0 aliphatic heterocycles. The number of phosphoric acid groups is 3. The molecule has 6 atom stereocenters. The average Bonchev–Trinajstić information content (AvgIpc) is 2.72. The molecule has 0 aromatic carbocycles. The summed E-state index contributed by atoms with van der Waals surface area (Å²) in [7, 11) is -17.0. The van der Waals surface area contributed by atoms with E-state index in [1.807, 2.05) is 0 Å². The predicted octanol–water partition coefficient (Wildman–Crippen LogP) is -0.601. The monoisotopic (exact) mass is 588 g/mol. The Morgan fingerprint density at radius 3 is 0.889 bits per heavy atom. The largest absolute Gasteiger partial charge is 0.470 e. The summed E-state index contributed by atoms with van der Waals surface area (Å²) < 4.78 is 63.8. The maximum Gasteiger partial charge on any atom is 0.470 e. The van der Waals surface area contributed by atoms with E-state index in [0.29, 0.717) is 0 Å². The third-order valence-corrected chi connectivity index (χ3v) is 5.94. The molecule has 0 heterocycles. The van der Waals surface area contributed by atoms with E-state index in [0.717, 1.165) is 0 Å². The molecule has 0 amide bonds. The van der Waals surface area contributed by atoms with E-state index in [1.54, 1.807) is 0 Å². The van der Waals surface area contributed by atoms with Gasteiger partial charge in [0.1, 0.15) is 18.3 Å². The molecule has 0 radical (unpaired) electrons. The summed E-state index contributed by atoms with van der Waals surface area (Å²) in [4.78, 5) is 92.6. The topological polar surface area (TPSA) is 279 Å². The fourth-order valence-electron chi connectivity index (χ4n) is 3.06. The Bertz CT molecular complexity index is 880. The van der Waals surface area contributed by atoms with Crippen LogP contribution in [0.4, 0.5) is 0 Å². The maximum absolute atomic E-state index is 12.1. The molecule has 1 saturated carbocycles. The van der Waals surface area contributed by atoms with Gasteiger partial charge in [0.15, 0.2) is 18.3 Å². The molecule has 6 N–H and O–H groups in total. The van der Waals surface area contributed by atoms with Crippen molar-refractivity contribution in [3.8, 4) is 0 Å². The number of esters is 3. The summed E-state index contributed by atoms with van der Waals surface area (Å²) in [5.74, 6) is -3.29. The van der Waals surface area contributed by atoms with E-state index in [4.69, 9.17) is 14.2 Å². The fraction of sp³-hybridized carbons (Fsp3) is 0.800. The van der Waals surface area contributed by atoms with Crippen LogP contribution in [0, 0.1) is 0 Å². The van der Waals surface area contributed by atoms with Crippen molar-refractivity contribution in [2.45, 2.75) is 76.7 Å². The summed E-state index contributed by atoms with van der Waals surface area (Å²) >= 11 is 0. The van der Waals surface area contributed by atoms with Crippen LogP contribution >= 0.6 is 23.5 Å². The quantitative estimate of drug-likeness (QED) is 0.0942. The third kappa shape index (κ3) is 10.6. The number of phosphoric ester groups is 3. The lowest BCUT2D eigenvalue weighted by atomic mass is 9.84. The number of carbonyl (C=O) groups excluding carboxylic acids is 3. The number of hydrogen-bond acceptors (Lipinski definition) is 12. The van der Waals surface area contributed by atoms with Crippen LogP contribution in [-0.2, 0) is 55.9 Å². The van der Waals surface area contributed by atoms with Gasteiger partial charge in [0.2, 0.25) is 0 Å². The van der Waals surface area contributed by atoms with Gasteiger partial charge in [-0.25, -0.2) is 13.7 Å². The molecular weight excluding hydrogens is 561 g/mol. The van der Waals surface area contributed by atoms with Crippen LogP contribution in [0.1, 0.15) is 40.0 Å². The van der Waals surface area contributed by atoms with Crippen molar-refractivity contribution in [1.29, 1.82) is 0 Å². The highest BCUT2D eigenvalue weighted by atomic mass is 31.2. The minimum Gasteiger partial charge on any atom is -0.455 e. The first-order chi connectivity index (χ1) is 16.3. The molecule has 0 spiro atoms. The van der Waals surface area contributed by atoms with E-state index in [-0.39, 0.29) is 19.3 Å². The summed E-state index contributed by atoms with van der Waals surface area (Å²) in [5, 5.41) is 0. The van der Waals surface area contributed by atoms with Crippen molar-refractivity contribution in [1.82, 2.24) is 0 Å². The van der Waals surface area contributed by atoms with Crippen LogP contribution in [0.15, 0.2) is 0 Å². The molecule has 0 bridgehead atoms. The zero-order chi connectivity index (χ0) is 28.1. The second-order valence-electron chi connectivity index (χ2n) is 7.11. The van der Waals surface area contributed by atoms with Crippen LogP contribution in [0.25, 0.3) is 0 Å². The van der Waals surface area contributed by atoms with E-state index >= 15 is 0 Å². The Hall–Kier alpha value is -1.26. The highest BCUT2D eigenvalue weighted by molar-refractivity contribution is 7.47. The Morgan fingerprint density at radius 2 is 0.694 bits per heavy atom. The Morgan fingerprint density at radius 1 is 0.500 bits per heavy atom. The van der Waals surface area contributed by atoms with Crippen molar-refractivity contribution in [3.63, 3.8) is 0 Å². The first-order valence-corrected chi connectivity index (χ1v) is 14.7. The van der Waals surface area contributed by atoms with Crippen molar-refractivity contribution in [2.75, 3.05) is 0 Å². The molecule has 1 aliphatic carbocycles. The standard InChI is InChI=1S/C15H27O18P3/c1-4-7(16)28-10-11(29-8(17)5-2)13(31-34(19,20)21)15(33-36(25,26)27)14(32-35(22,23)24)12(10)30-9(18)6-3/h10-15H,4-6H2,1-3H3,(H2,19,20,21)(H2,22,23,24)(H2,25,26,27)/t10-,11-,12+,13-,14-,15-/m0/s1. The van der Waals surface area contributed by atoms with Crippen molar-refractivity contribution >= 4 is 41.4 Å². The van der Waals surface area contributed by atoms with Gasteiger partial charge in [0.25, 0.3) is 0 Å². The average molecular weight is 588 g/mol. The van der Waals surface area contributed by atoms with Gasteiger partial charge in [-0.05, 0) is 0 Å². The first kappa shape index (κ1) is 32.8. The fourth-order valence-corrected chi connectivity index (χ4v) is 4.74.